The lowest BCUT2D eigenvalue weighted by Crippen LogP contribution is -2.50. The Bertz CT molecular complexity index is 233. The van der Waals surface area contributed by atoms with E-state index in [0.717, 1.165) is 19.5 Å². The summed E-state index contributed by atoms with van der Waals surface area (Å²) in [5.41, 5.74) is 5.59. The van der Waals surface area contributed by atoms with E-state index in [-0.39, 0.29) is 6.61 Å². The van der Waals surface area contributed by atoms with Gasteiger partial charge in [-0.3, -0.25) is 4.90 Å². The highest BCUT2D eigenvalue weighted by Crippen LogP contribution is 2.18. The van der Waals surface area contributed by atoms with Crippen molar-refractivity contribution in [2.45, 2.75) is 51.2 Å². The maximum absolute atomic E-state index is 9.25. The van der Waals surface area contributed by atoms with Gasteiger partial charge in [-0.05, 0) is 53.8 Å². The molecule has 17 heavy (non-hydrogen) atoms. The summed E-state index contributed by atoms with van der Waals surface area (Å²) in [6, 6.07) is 0.991. The van der Waals surface area contributed by atoms with E-state index in [4.69, 9.17) is 5.73 Å². The standard InChI is InChI=1S/C13H29N3O/c1-11(8-13(3,14)10-17)16-7-5-6-15(4)9-12(16)2/h11-12,17H,5-10,14H2,1-4H3. The first-order valence-electron chi connectivity index (χ1n) is 6.70. The molecule has 1 aliphatic rings. The minimum absolute atomic E-state index is 0.0550. The van der Waals surface area contributed by atoms with E-state index >= 15 is 0 Å². The van der Waals surface area contributed by atoms with E-state index in [1.165, 1.54) is 13.0 Å². The SMILES string of the molecule is CC1CN(C)CCCN1C(C)CC(C)(N)CO. The zero-order valence-electron chi connectivity index (χ0n) is 11.8. The van der Waals surface area contributed by atoms with Crippen LogP contribution in [0.25, 0.3) is 0 Å². The van der Waals surface area contributed by atoms with Crippen LogP contribution >= 0.6 is 0 Å². The third-order valence-corrected chi connectivity index (χ3v) is 3.79. The number of likely N-dealkylation sites (N-methyl/N-ethyl adjacent to an activating group) is 1. The van der Waals surface area contributed by atoms with Crippen molar-refractivity contribution in [3.05, 3.63) is 0 Å². The molecule has 0 amide bonds. The van der Waals surface area contributed by atoms with Crippen molar-refractivity contribution in [3.8, 4) is 0 Å². The first kappa shape index (κ1) is 14.9. The van der Waals surface area contributed by atoms with Gasteiger partial charge < -0.3 is 15.7 Å². The van der Waals surface area contributed by atoms with Crippen LogP contribution in [0.4, 0.5) is 0 Å². The quantitative estimate of drug-likeness (QED) is 0.755. The summed E-state index contributed by atoms with van der Waals surface area (Å²) in [4.78, 5) is 4.93. The number of hydrogen-bond acceptors (Lipinski definition) is 4. The molecule has 0 bridgehead atoms. The molecule has 1 saturated heterocycles. The Morgan fingerprint density at radius 1 is 1.47 bits per heavy atom. The third-order valence-electron chi connectivity index (χ3n) is 3.79. The fourth-order valence-corrected chi connectivity index (χ4v) is 2.90. The third kappa shape index (κ3) is 4.54. The molecule has 3 atom stereocenters. The highest BCUT2D eigenvalue weighted by molar-refractivity contribution is 4.87. The van der Waals surface area contributed by atoms with Crippen LogP contribution in [0.1, 0.15) is 33.6 Å². The number of nitrogens with two attached hydrogens (primary N) is 1. The molecule has 4 nitrogen and oxygen atoms in total. The van der Waals surface area contributed by atoms with Crippen molar-refractivity contribution in [2.24, 2.45) is 5.73 Å². The van der Waals surface area contributed by atoms with E-state index < -0.39 is 5.54 Å². The van der Waals surface area contributed by atoms with Gasteiger partial charge >= 0.3 is 0 Å². The zero-order valence-corrected chi connectivity index (χ0v) is 11.8. The van der Waals surface area contributed by atoms with Crippen LogP contribution < -0.4 is 5.73 Å². The monoisotopic (exact) mass is 243 g/mol. The molecule has 3 N–H and O–H groups in total. The molecule has 0 radical (unpaired) electrons. The largest absolute Gasteiger partial charge is 0.394 e. The van der Waals surface area contributed by atoms with Crippen molar-refractivity contribution in [3.63, 3.8) is 0 Å². The van der Waals surface area contributed by atoms with Gasteiger partial charge in [0.25, 0.3) is 0 Å². The lowest BCUT2D eigenvalue weighted by Gasteiger charge is -2.37. The van der Waals surface area contributed by atoms with Crippen LogP contribution in [0.15, 0.2) is 0 Å². The average molecular weight is 243 g/mol. The van der Waals surface area contributed by atoms with E-state index in [9.17, 15) is 5.11 Å². The summed E-state index contributed by atoms with van der Waals surface area (Å²) in [5, 5.41) is 9.25. The van der Waals surface area contributed by atoms with Crippen molar-refractivity contribution in [1.29, 1.82) is 0 Å². The molecule has 0 saturated carbocycles. The summed E-state index contributed by atoms with van der Waals surface area (Å²) >= 11 is 0. The van der Waals surface area contributed by atoms with Crippen LogP contribution in [0.5, 0.6) is 0 Å². The van der Waals surface area contributed by atoms with Crippen LogP contribution in [0.3, 0.4) is 0 Å². The van der Waals surface area contributed by atoms with E-state index in [0.29, 0.717) is 12.1 Å². The topological polar surface area (TPSA) is 52.7 Å². The number of aliphatic hydroxyl groups is 1. The lowest BCUT2D eigenvalue weighted by molar-refractivity contribution is 0.109. The molecular weight excluding hydrogens is 214 g/mol. The molecule has 0 aromatic carbocycles. The van der Waals surface area contributed by atoms with Gasteiger partial charge in [-0.25, -0.2) is 0 Å². The number of nitrogens with zero attached hydrogens (tertiary/aromatic N) is 2. The van der Waals surface area contributed by atoms with Crippen LogP contribution in [0, 0.1) is 0 Å². The number of rotatable bonds is 4. The summed E-state index contributed by atoms with van der Waals surface area (Å²) in [6.07, 6.45) is 2.06. The molecule has 1 rings (SSSR count). The molecule has 1 fully saturated rings. The average Bonchev–Trinajstić information content (AvgIpc) is 2.38. The van der Waals surface area contributed by atoms with Gasteiger partial charge in [0.2, 0.25) is 0 Å². The van der Waals surface area contributed by atoms with Crippen LogP contribution in [-0.2, 0) is 0 Å². The van der Waals surface area contributed by atoms with Crippen LogP contribution in [-0.4, -0.2) is 65.8 Å². The normalized spacial score (nSPS) is 29.6. The Morgan fingerprint density at radius 2 is 2.12 bits per heavy atom. The molecule has 0 spiro atoms. The number of hydrogen-bond donors (Lipinski definition) is 2. The Balaban J connectivity index is 2.58. The summed E-state index contributed by atoms with van der Waals surface area (Å²) in [6.45, 7) is 9.91. The highest BCUT2D eigenvalue weighted by atomic mass is 16.3. The summed E-state index contributed by atoms with van der Waals surface area (Å²) in [7, 11) is 2.19. The van der Waals surface area contributed by atoms with Gasteiger partial charge in [-0.1, -0.05) is 0 Å². The molecule has 1 aliphatic heterocycles. The zero-order chi connectivity index (χ0) is 13.1. The van der Waals surface area contributed by atoms with Crippen molar-refractivity contribution in [2.75, 3.05) is 33.3 Å². The van der Waals surface area contributed by atoms with E-state index in [2.05, 4.69) is 30.7 Å². The fourth-order valence-electron chi connectivity index (χ4n) is 2.90. The van der Waals surface area contributed by atoms with Gasteiger partial charge in [0, 0.05) is 24.2 Å². The van der Waals surface area contributed by atoms with Crippen molar-refractivity contribution < 1.29 is 5.11 Å². The Hall–Kier alpha value is -0.160. The minimum atomic E-state index is -0.461. The second-order valence-electron chi connectivity index (χ2n) is 6.07. The maximum atomic E-state index is 9.25. The first-order valence-corrected chi connectivity index (χ1v) is 6.70. The molecule has 1 heterocycles. The minimum Gasteiger partial charge on any atom is -0.394 e. The van der Waals surface area contributed by atoms with Crippen LogP contribution in [0.2, 0.25) is 0 Å². The smallest absolute Gasteiger partial charge is 0.0609 e. The predicted molar refractivity (Wildman–Crippen MR) is 72.0 cm³/mol. The van der Waals surface area contributed by atoms with E-state index in [1.54, 1.807) is 0 Å². The molecule has 0 aromatic rings. The lowest BCUT2D eigenvalue weighted by atomic mass is 9.94. The second-order valence-corrected chi connectivity index (χ2v) is 6.07. The number of aliphatic hydroxyl groups excluding tert-OH is 1. The molecule has 3 unspecified atom stereocenters. The predicted octanol–water partition coefficient (Wildman–Crippen LogP) is 0.501. The Kier molecular flexibility index (Phi) is 5.38. The molecular formula is C13H29N3O. The van der Waals surface area contributed by atoms with Crippen molar-refractivity contribution in [1.82, 2.24) is 9.80 Å². The summed E-state index contributed by atoms with van der Waals surface area (Å²) in [5.74, 6) is 0. The Morgan fingerprint density at radius 3 is 2.71 bits per heavy atom. The molecule has 4 heteroatoms. The van der Waals surface area contributed by atoms with Gasteiger partial charge in [-0.2, -0.15) is 0 Å². The Labute approximate surface area is 106 Å². The molecule has 0 aliphatic carbocycles. The van der Waals surface area contributed by atoms with Gasteiger partial charge in [0.1, 0.15) is 0 Å². The summed E-state index contributed by atoms with van der Waals surface area (Å²) < 4.78 is 0. The molecule has 0 aromatic heterocycles. The first-order chi connectivity index (χ1) is 7.85. The van der Waals surface area contributed by atoms with Gasteiger partial charge in [0.15, 0.2) is 0 Å². The second kappa shape index (κ2) is 6.14. The van der Waals surface area contributed by atoms with Gasteiger partial charge in [0.05, 0.1) is 6.61 Å². The van der Waals surface area contributed by atoms with Crippen molar-refractivity contribution >= 4 is 0 Å². The van der Waals surface area contributed by atoms with E-state index in [1.807, 2.05) is 6.92 Å². The molecule has 102 valence electrons. The maximum Gasteiger partial charge on any atom is 0.0609 e. The van der Waals surface area contributed by atoms with Gasteiger partial charge in [-0.15, -0.1) is 0 Å². The highest BCUT2D eigenvalue weighted by Gasteiger charge is 2.28. The fraction of sp³-hybridized carbons (Fsp3) is 1.00.